The molecule has 1 aliphatic heterocycles. The molecule has 1 aliphatic rings. The molecule has 0 fully saturated rings. The van der Waals surface area contributed by atoms with Gasteiger partial charge in [-0.15, -0.1) is 42.7 Å². The van der Waals surface area contributed by atoms with E-state index in [9.17, 15) is 1.37 Å². The van der Waals surface area contributed by atoms with Crippen LogP contribution in [0.2, 0.25) is 0 Å². The van der Waals surface area contributed by atoms with Crippen LogP contribution >= 0.6 is 0 Å². The Labute approximate surface area is 501 Å². The SMILES string of the molecule is [2H]C(CC)(CC)c1ccnc(-n2c3[c-]c(Oc4[c-]c(N5[CH-]N(c6c(-c7cc(C(C)(C)C)cc(C(C)(C)C)c7)cccc6-c6cc(C(C)(C)C)cc(C(C)(C)C)c6)c6ccccc65)ccc4)ccc3c3c4oc5ccccc5c4ccc32)c1.[Pt]. The molecule has 0 N–H and O–H groups in total. The molecule has 0 bridgehead atoms. The third-order valence-corrected chi connectivity index (χ3v) is 16.5. The van der Waals surface area contributed by atoms with E-state index in [-0.39, 0.29) is 42.7 Å². The zero-order chi connectivity index (χ0) is 57.8. The van der Waals surface area contributed by atoms with Gasteiger partial charge in [-0.05, 0) is 127 Å². The van der Waals surface area contributed by atoms with Crippen LogP contribution in [0.25, 0.3) is 71.8 Å². The molecule has 0 saturated heterocycles. The topological polar surface area (TPSA) is 46.7 Å². The third-order valence-electron chi connectivity index (χ3n) is 16.5. The molecule has 420 valence electrons. The molecule has 0 atom stereocenters. The number of rotatable bonds is 10. The maximum Gasteiger partial charge on any atom is 0.135 e. The van der Waals surface area contributed by atoms with Gasteiger partial charge in [0.15, 0.2) is 0 Å². The molecular weight excluding hydrogens is 1180 g/mol. The van der Waals surface area contributed by atoms with Gasteiger partial charge in [0.25, 0.3) is 0 Å². The third kappa shape index (κ3) is 10.2. The van der Waals surface area contributed by atoms with Crippen molar-refractivity contribution in [2.45, 2.75) is 137 Å². The minimum Gasteiger partial charge on any atom is -0.509 e. The van der Waals surface area contributed by atoms with E-state index < -0.39 is 5.89 Å². The molecule has 8 aromatic carbocycles. The summed E-state index contributed by atoms with van der Waals surface area (Å²) in [4.78, 5) is 9.61. The molecule has 0 amide bonds. The normalized spacial score (nSPS) is 13.6. The van der Waals surface area contributed by atoms with Gasteiger partial charge in [-0.2, -0.15) is 12.1 Å². The summed E-state index contributed by atoms with van der Waals surface area (Å²) in [5.74, 6) is 1.04. The van der Waals surface area contributed by atoms with Gasteiger partial charge in [-0.25, -0.2) is 4.98 Å². The number of benzene rings is 8. The molecule has 82 heavy (non-hydrogen) atoms. The Morgan fingerprint density at radius 3 is 1.71 bits per heavy atom. The van der Waals surface area contributed by atoms with E-state index in [0.29, 0.717) is 30.2 Å². The minimum absolute atomic E-state index is 0. The van der Waals surface area contributed by atoms with Crippen molar-refractivity contribution in [2.24, 2.45) is 0 Å². The second-order valence-electron chi connectivity index (χ2n) is 26.2. The first-order chi connectivity index (χ1) is 38.9. The summed E-state index contributed by atoms with van der Waals surface area (Å²) in [7, 11) is 0. The zero-order valence-corrected chi connectivity index (χ0v) is 52.3. The first kappa shape index (κ1) is 55.1. The molecule has 3 aromatic heterocycles. The number of ether oxygens (including phenoxy) is 1. The number of hydrogen-bond donors (Lipinski definition) is 0. The molecule has 4 heterocycles. The Morgan fingerprint density at radius 2 is 1.11 bits per heavy atom. The fourth-order valence-corrected chi connectivity index (χ4v) is 11.7. The maximum absolute atomic E-state index is 9.41. The average molecular weight is 1260 g/mol. The van der Waals surface area contributed by atoms with Gasteiger partial charge in [-0.3, -0.25) is 0 Å². The molecule has 7 heteroatoms. The van der Waals surface area contributed by atoms with E-state index in [0.717, 1.165) is 83.2 Å². The number of aromatic nitrogens is 2. The number of nitrogens with zero attached hydrogens (tertiary/aromatic N) is 4. The number of fused-ring (bicyclic) bond motifs is 8. The Morgan fingerprint density at radius 1 is 0.561 bits per heavy atom. The predicted octanol–water partition coefficient (Wildman–Crippen LogP) is 21.3. The summed E-state index contributed by atoms with van der Waals surface area (Å²) >= 11 is 0. The fourth-order valence-electron chi connectivity index (χ4n) is 11.7. The predicted molar refractivity (Wildman–Crippen MR) is 340 cm³/mol. The van der Waals surface area contributed by atoms with Crippen LogP contribution in [0, 0.1) is 18.8 Å². The standard InChI is InChI=1S/C75H75N4O2.Pt/c1-15-47(16-2)48-35-36-76-68(41-48)79-65-34-33-61-60-25-17-20-30-67(60)81-71(61)69(65)62-32-31-57(45-66(62)79)80-56-24-21-23-55(44-56)77-46-78(64-29-19-18-28-63(64)77)70-58(49-37-51(72(3,4)5)42-52(38-49)73(6,7)8)26-22-27-59(70)50-39-53(74(9,10)11)43-54(40-50)75(12,13)14;/h17-43,46-47H,15-16H2,1-14H3;/q-3;/i47D;. The van der Waals surface area contributed by atoms with Gasteiger partial charge in [0, 0.05) is 84.6 Å². The average Bonchev–Trinajstić information content (AvgIpc) is 2.52. The van der Waals surface area contributed by atoms with Crippen molar-refractivity contribution in [3.05, 3.63) is 211 Å². The number of anilines is 4. The molecule has 0 aliphatic carbocycles. The fraction of sp³-hybridized carbons (Fsp3) is 0.280. The Hall–Kier alpha value is -7.40. The zero-order valence-electron chi connectivity index (χ0n) is 51.0. The summed E-state index contributed by atoms with van der Waals surface area (Å²) in [5.41, 5.74) is 17.9. The molecular formula is C75H75N4O2Pt-3. The largest absolute Gasteiger partial charge is 0.509 e. The first-order valence-electron chi connectivity index (χ1n) is 29.4. The van der Waals surface area contributed by atoms with Crippen LogP contribution < -0.4 is 14.5 Å². The van der Waals surface area contributed by atoms with E-state index in [1.54, 1.807) is 0 Å². The van der Waals surface area contributed by atoms with Crippen molar-refractivity contribution in [2.75, 3.05) is 9.80 Å². The molecule has 0 radical (unpaired) electrons. The Bertz CT molecular complexity index is 4130. The molecule has 6 nitrogen and oxygen atoms in total. The van der Waals surface area contributed by atoms with Gasteiger partial charge in [0.2, 0.25) is 0 Å². The Kier molecular flexibility index (Phi) is 14.2. The number of hydrogen-bond acceptors (Lipinski definition) is 5. The number of furan rings is 1. The molecule has 0 saturated carbocycles. The van der Waals surface area contributed by atoms with E-state index in [1.807, 2.05) is 42.6 Å². The molecule has 0 spiro atoms. The monoisotopic (exact) mass is 1260 g/mol. The van der Waals surface area contributed by atoms with Crippen molar-refractivity contribution < 1.29 is 31.6 Å². The van der Waals surface area contributed by atoms with Crippen molar-refractivity contribution in [3.63, 3.8) is 0 Å². The van der Waals surface area contributed by atoms with Crippen molar-refractivity contribution in [1.29, 1.82) is 0 Å². The number of para-hydroxylation sites is 4. The summed E-state index contributed by atoms with van der Waals surface area (Å²) in [6.45, 7) is 34.2. The van der Waals surface area contributed by atoms with Gasteiger partial charge in [-0.1, -0.05) is 193 Å². The van der Waals surface area contributed by atoms with Gasteiger partial charge in [0.05, 0.1) is 0 Å². The first-order valence-corrected chi connectivity index (χ1v) is 28.9. The Balaban J connectivity index is 0.00000721. The van der Waals surface area contributed by atoms with Crippen molar-refractivity contribution in [3.8, 4) is 39.6 Å². The minimum atomic E-state index is -0.750. The van der Waals surface area contributed by atoms with Crippen LogP contribution in [0.15, 0.2) is 168 Å². The molecule has 0 unspecified atom stereocenters. The summed E-state index contributed by atoms with van der Waals surface area (Å²) in [6.07, 6.45) is 3.19. The van der Waals surface area contributed by atoms with E-state index in [4.69, 9.17) is 14.1 Å². The second kappa shape index (κ2) is 21.1. The smallest absolute Gasteiger partial charge is 0.135 e. The van der Waals surface area contributed by atoms with E-state index >= 15 is 0 Å². The molecule has 11 aromatic rings. The van der Waals surface area contributed by atoms with E-state index in [2.05, 4.69) is 251 Å². The van der Waals surface area contributed by atoms with Gasteiger partial charge < -0.3 is 23.5 Å². The van der Waals surface area contributed by atoms with Crippen molar-refractivity contribution >= 4 is 66.5 Å². The summed E-state index contributed by atoms with van der Waals surface area (Å²) in [5, 5.41) is 4.05. The summed E-state index contributed by atoms with van der Waals surface area (Å²) in [6, 6.07) is 64.1. The van der Waals surface area contributed by atoms with Crippen molar-refractivity contribution in [1.82, 2.24) is 9.55 Å². The molecule has 12 rings (SSSR count). The van der Waals surface area contributed by atoms with Crippen LogP contribution in [0.3, 0.4) is 0 Å². The van der Waals surface area contributed by atoms with Crippen LogP contribution in [0.1, 0.15) is 145 Å². The quantitative estimate of drug-likeness (QED) is 0.128. The van der Waals surface area contributed by atoms with Crippen LogP contribution in [-0.4, -0.2) is 9.55 Å². The van der Waals surface area contributed by atoms with Gasteiger partial charge in [0.1, 0.15) is 17.0 Å². The second-order valence-corrected chi connectivity index (χ2v) is 26.2. The van der Waals surface area contributed by atoms with E-state index in [1.165, 1.54) is 33.4 Å². The number of pyridine rings is 1. The van der Waals surface area contributed by atoms with Crippen LogP contribution in [0.4, 0.5) is 22.7 Å². The van der Waals surface area contributed by atoms with Crippen LogP contribution in [-0.2, 0) is 42.7 Å². The van der Waals surface area contributed by atoms with Crippen LogP contribution in [0.5, 0.6) is 11.5 Å². The maximum atomic E-state index is 9.41. The summed E-state index contributed by atoms with van der Waals surface area (Å²) < 4.78 is 25.1. The van der Waals surface area contributed by atoms with Gasteiger partial charge >= 0.3 is 0 Å².